The van der Waals surface area contributed by atoms with Gasteiger partial charge in [0.1, 0.15) is 0 Å². The van der Waals surface area contributed by atoms with Crippen LogP contribution >= 0.6 is 0 Å². The molecule has 0 saturated carbocycles. The van der Waals surface area contributed by atoms with Gasteiger partial charge in [0.25, 0.3) is 0 Å². The van der Waals surface area contributed by atoms with Crippen molar-refractivity contribution >= 4 is 0 Å². The molecule has 14 heavy (non-hydrogen) atoms. The molecule has 0 radical (unpaired) electrons. The average Bonchev–Trinajstić information content (AvgIpc) is 2.18. The molecule has 3 nitrogen and oxygen atoms in total. The first kappa shape index (κ1) is 11.2. The van der Waals surface area contributed by atoms with E-state index in [1.807, 2.05) is 13.0 Å². The first-order valence-electron chi connectivity index (χ1n) is 4.98. The van der Waals surface area contributed by atoms with E-state index >= 15 is 0 Å². The quantitative estimate of drug-likeness (QED) is 0.626. The van der Waals surface area contributed by atoms with Crippen LogP contribution in [0.5, 0.6) is 0 Å². The molecule has 0 aromatic heterocycles. The SMILES string of the molecule is C/C(C#N)=C/C(C)(C)N1CCOCC1. The second kappa shape index (κ2) is 4.59. The van der Waals surface area contributed by atoms with Crippen LogP contribution in [0.3, 0.4) is 0 Å². The molecule has 78 valence electrons. The van der Waals surface area contributed by atoms with Gasteiger partial charge in [-0.25, -0.2) is 0 Å². The fraction of sp³-hybridized carbons (Fsp3) is 0.727. The zero-order valence-electron chi connectivity index (χ0n) is 9.21. The number of morpholine rings is 1. The highest BCUT2D eigenvalue weighted by Gasteiger charge is 2.25. The summed E-state index contributed by atoms with van der Waals surface area (Å²) in [7, 11) is 0. The maximum atomic E-state index is 8.73. The summed E-state index contributed by atoms with van der Waals surface area (Å²) in [4.78, 5) is 2.34. The highest BCUT2D eigenvalue weighted by atomic mass is 16.5. The van der Waals surface area contributed by atoms with E-state index in [4.69, 9.17) is 10.00 Å². The van der Waals surface area contributed by atoms with Gasteiger partial charge < -0.3 is 4.74 Å². The molecule has 1 aliphatic rings. The van der Waals surface area contributed by atoms with Gasteiger partial charge in [-0.3, -0.25) is 4.90 Å². The highest BCUT2D eigenvalue weighted by molar-refractivity contribution is 5.22. The van der Waals surface area contributed by atoms with Crippen LogP contribution in [0.25, 0.3) is 0 Å². The lowest BCUT2D eigenvalue weighted by atomic mass is 9.99. The van der Waals surface area contributed by atoms with Crippen molar-refractivity contribution in [3.63, 3.8) is 0 Å². The second-order valence-electron chi connectivity index (χ2n) is 4.19. The molecule has 0 spiro atoms. The predicted molar refractivity (Wildman–Crippen MR) is 55.8 cm³/mol. The number of nitrogens with zero attached hydrogens (tertiary/aromatic N) is 2. The summed E-state index contributed by atoms with van der Waals surface area (Å²) in [5.41, 5.74) is 0.741. The van der Waals surface area contributed by atoms with Crippen LogP contribution in [0.4, 0.5) is 0 Å². The maximum absolute atomic E-state index is 8.73. The molecule has 0 unspecified atom stereocenters. The fourth-order valence-electron chi connectivity index (χ4n) is 1.79. The molecule has 1 rings (SSSR count). The third kappa shape index (κ3) is 2.83. The number of nitriles is 1. The summed E-state index contributed by atoms with van der Waals surface area (Å²) >= 11 is 0. The summed E-state index contributed by atoms with van der Waals surface area (Å²) < 4.78 is 5.30. The molecule has 0 aliphatic carbocycles. The lowest BCUT2D eigenvalue weighted by molar-refractivity contribution is 0.00461. The average molecular weight is 194 g/mol. The predicted octanol–water partition coefficient (Wildman–Crippen LogP) is 1.57. The minimum atomic E-state index is -0.0381. The van der Waals surface area contributed by atoms with Crippen LogP contribution < -0.4 is 0 Å². The lowest BCUT2D eigenvalue weighted by Crippen LogP contribution is -2.48. The first-order chi connectivity index (χ1) is 6.56. The van der Waals surface area contributed by atoms with Gasteiger partial charge in [-0.15, -0.1) is 0 Å². The van der Waals surface area contributed by atoms with Gasteiger partial charge >= 0.3 is 0 Å². The Labute approximate surface area is 86.0 Å². The van der Waals surface area contributed by atoms with Crippen LogP contribution in [0.2, 0.25) is 0 Å². The first-order valence-corrected chi connectivity index (χ1v) is 4.98. The minimum absolute atomic E-state index is 0.0381. The van der Waals surface area contributed by atoms with Crippen molar-refractivity contribution in [3.8, 4) is 6.07 Å². The van der Waals surface area contributed by atoms with E-state index in [0.717, 1.165) is 31.9 Å². The van der Waals surface area contributed by atoms with Crippen molar-refractivity contribution in [1.29, 1.82) is 5.26 Å². The van der Waals surface area contributed by atoms with E-state index in [1.54, 1.807) is 0 Å². The minimum Gasteiger partial charge on any atom is -0.379 e. The molecule has 1 fully saturated rings. The number of hydrogen-bond acceptors (Lipinski definition) is 3. The number of hydrogen-bond donors (Lipinski definition) is 0. The van der Waals surface area contributed by atoms with E-state index in [2.05, 4.69) is 24.8 Å². The van der Waals surface area contributed by atoms with Gasteiger partial charge in [-0.2, -0.15) is 5.26 Å². The van der Waals surface area contributed by atoms with Crippen LogP contribution in [-0.4, -0.2) is 36.7 Å². The Kier molecular flexibility index (Phi) is 3.68. The van der Waals surface area contributed by atoms with Crippen LogP contribution in [0.15, 0.2) is 11.6 Å². The van der Waals surface area contributed by atoms with Crippen LogP contribution in [-0.2, 0) is 4.74 Å². The molecule has 1 heterocycles. The van der Waals surface area contributed by atoms with E-state index < -0.39 is 0 Å². The molecule has 0 amide bonds. The lowest BCUT2D eigenvalue weighted by Gasteiger charge is -2.39. The Morgan fingerprint density at radius 3 is 2.50 bits per heavy atom. The monoisotopic (exact) mass is 194 g/mol. The van der Waals surface area contributed by atoms with E-state index in [0.29, 0.717) is 0 Å². The normalized spacial score (nSPS) is 20.6. The van der Waals surface area contributed by atoms with Gasteiger partial charge in [0.15, 0.2) is 0 Å². The Hall–Kier alpha value is -0.850. The summed E-state index contributed by atoms with van der Waals surface area (Å²) in [6, 6.07) is 2.16. The van der Waals surface area contributed by atoms with E-state index in [1.165, 1.54) is 0 Å². The Bertz CT molecular complexity index is 257. The topological polar surface area (TPSA) is 36.3 Å². The zero-order chi connectivity index (χ0) is 10.6. The smallest absolute Gasteiger partial charge is 0.0941 e. The molecule has 1 saturated heterocycles. The van der Waals surface area contributed by atoms with Crippen molar-refractivity contribution in [2.45, 2.75) is 26.3 Å². The molecule has 0 atom stereocenters. The standard InChI is InChI=1S/C11H18N2O/c1-10(9-12)8-11(2,3)13-4-6-14-7-5-13/h8H,4-7H2,1-3H3/b10-8-. The van der Waals surface area contributed by atoms with E-state index in [9.17, 15) is 0 Å². The van der Waals surface area contributed by atoms with Crippen molar-refractivity contribution in [2.75, 3.05) is 26.3 Å². The Morgan fingerprint density at radius 2 is 2.00 bits per heavy atom. The molecule has 0 aromatic rings. The highest BCUT2D eigenvalue weighted by Crippen LogP contribution is 2.19. The summed E-state index contributed by atoms with van der Waals surface area (Å²) in [5, 5.41) is 8.73. The van der Waals surface area contributed by atoms with Gasteiger partial charge in [0, 0.05) is 24.2 Å². The Morgan fingerprint density at radius 1 is 1.43 bits per heavy atom. The van der Waals surface area contributed by atoms with Gasteiger partial charge in [-0.1, -0.05) is 6.08 Å². The van der Waals surface area contributed by atoms with Gasteiger partial charge in [0.05, 0.1) is 19.3 Å². The molecule has 0 aromatic carbocycles. The summed E-state index contributed by atoms with van der Waals surface area (Å²) in [6.45, 7) is 9.61. The van der Waals surface area contributed by atoms with Crippen molar-refractivity contribution in [2.24, 2.45) is 0 Å². The van der Waals surface area contributed by atoms with Gasteiger partial charge in [-0.05, 0) is 20.8 Å². The molecular formula is C11H18N2O. The number of rotatable bonds is 2. The maximum Gasteiger partial charge on any atom is 0.0941 e. The largest absolute Gasteiger partial charge is 0.379 e. The molecule has 3 heteroatoms. The molecular weight excluding hydrogens is 176 g/mol. The Balaban J connectivity index is 2.68. The third-order valence-electron chi connectivity index (χ3n) is 2.57. The second-order valence-corrected chi connectivity index (χ2v) is 4.19. The third-order valence-corrected chi connectivity index (χ3v) is 2.57. The molecule has 0 bridgehead atoms. The zero-order valence-corrected chi connectivity index (χ0v) is 9.21. The van der Waals surface area contributed by atoms with Gasteiger partial charge in [0.2, 0.25) is 0 Å². The van der Waals surface area contributed by atoms with Crippen LogP contribution in [0, 0.1) is 11.3 Å². The summed E-state index contributed by atoms with van der Waals surface area (Å²) in [5.74, 6) is 0. The van der Waals surface area contributed by atoms with Crippen molar-refractivity contribution in [3.05, 3.63) is 11.6 Å². The van der Waals surface area contributed by atoms with Crippen molar-refractivity contribution < 1.29 is 4.74 Å². The fourth-order valence-corrected chi connectivity index (χ4v) is 1.79. The summed E-state index contributed by atoms with van der Waals surface area (Å²) in [6.07, 6.45) is 2.03. The molecule has 0 N–H and O–H groups in total. The van der Waals surface area contributed by atoms with E-state index in [-0.39, 0.29) is 5.54 Å². The van der Waals surface area contributed by atoms with Crippen LogP contribution in [0.1, 0.15) is 20.8 Å². The van der Waals surface area contributed by atoms with Crippen molar-refractivity contribution in [1.82, 2.24) is 4.90 Å². The number of allylic oxidation sites excluding steroid dienone is 1. The number of ether oxygens (including phenoxy) is 1. The molecule has 1 aliphatic heterocycles.